The number of anilines is 1. The van der Waals surface area contributed by atoms with Crippen molar-refractivity contribution in [2.45, 2.75) is 0 Å². The summed E-state index contributed by atoms with van der Waals surface area (Å²) in [5, 5.41) is 6.29. The molecule has 0 fully saturated rings. The van der Waals surface area contributed by atoms with Gasteiger partial charge in [0.15, 0.2) is 0 Å². The number of aldehydes is 1. The Bertz CT molecular complexity index is 1000. The second-order valence-electron chi connectivity index (χ2n) is 6.71. The van der Waals surface area contributed by atoms with Crippen molar-refractivity contribution >= 4 is 47.8 Å². The molecule has 0 aliphatic rings. The summed E-state index contributed by atoms with van der Waals surface area (Å²) < 4.78 is 0. The molecule has 3 rings (SSSR count). The minimum atomic E-state index is -0.498. The highest BCUT2D eigenvalue weighted by Gasteiger charge is 2.12. The molecule has 4 nitrogen and oxygen atoms in total. The highest BCUT2D eigenvalue weighted by molar-refractivity contribution is 7.63. The van der Waals surface area contributed by atoms with Gasteiger partial charge >= 0.3 is 0 Å². The number of amides is 1. The lowest BCUT2D eigenvalue weighted by Crippen LogP contribution is -2.36. The number of nitrogens with one attached hydrogen (secondary N) is 1. The van der Waals surface area contributed by atoms with Gasteiger partial charge in [0, 0.05) is 18.3 Å². The van der Waals surface area contributed by atoms with E-state index >= 15 is 0 Å². The number of benzene rings is 3. The van der Waals surface area contributed by atoms with Gasteiger partial charge in [-0.2, -0.15) is 0 Å². The van der Waals surface area contributed by atoms with Crippen LogP contribution in [0.5, 0.6) is 0 Å². The predicted octanol–water partition coefficient (Wildman–Crippen LogP) is 3.44. The van der Waals surface area contributed by atoms with Gasteiger partial charge in [-0.15, -0.1) is 0 Å². The van der Waals surface area contributed by atoms with E-state index in [9.17, 15) is 9.59 Å². The minimum Gasteiger partial charge on any atom is -0.365 e. The molecule has 142 valence electrons. The first-order chi connectivity index (χ1) is 13.6. The van der Waals surface area contributed by atoms with Gasteiger partial charge in [-0.05, 0) is 41.1 Å². The average molecular weight is 391 g/mol. The molecule has 3 aromatic rings. The van der Waals surface area contributed by atoms with Crippen LogP contribution in [-0.2, 0) is 4.79 Å². The summed E-state index contributed by atoms with van der Waals surface area (Å²) in [6.45, 7) is 0.918. The van der Waals surface area contributed by atoms with Crippen molar-refractivity contribution in [2.75, 3.05) is 31.2 Å². The lowest BCUT2D eigenvalue weighted by Gasteiger charge is -2.19. The van der Waals surface area contributed by atoms with Crippen molar-refractivity contribution in [3.05, 3.63) is 72.3 Å². The molecule has 5 heteroatoms. The van der Waals surface area contributed by atoms with E-state index in [0.29, 0.717) is 18.7 Å². The van der Waals surface area contributed by atoms with Gasteiger partial charge < -0.3 is 10.2 Å². The van der Waals surface area contributed by atoms with Crippen LogP contribution in [0.3, 0.4) is 0 Å². The van der Waals surface area contributed by atoms with E-state index in [0.717, 1.165) is 28.9 Å². The van der Waals surface area contributed by atoms with E-state index in [2.05, 4.69) is 23.7 Å². The second kappa shape index (κ2) is 9.29. The maximum absolute atomic E-state index is 12.3. The van der Waals surface area contributed by atoms with Crippen molar-refractivity contribution < 1.29 is 9.59 Å². The predicted molar refractivity (Wildman–Crippen MR) is 121 cm³/mol. The average Bonchev–Trinajstić information content (AvgIpc) is 2.73. The molecule has 0 radical (unpaired) electrons. The van der Waals surface area contributed by atoms with Crippen molar-refractivity contribution in [2.24, 2.45) is 0 Å². The van der Waals surface area contributed by atoms with E-state index in [-0.39, 0.29) is 5.91 Å². The van der Waals surface area contributed by atoms with Crippen LogP contribution >= 0.6 is 7.55 Å². The summed E-state index contributed by atoms with van der Waals surface area (Å²) in [5.74, 6) is -0.00429. The van der Waals surface area contributed by atoms with E-state index in [1.807, 2.05) is 60.5 Å². The Balaban J connectivity index is 1.53. The van der Waals surface area contributed by atoms with Crippen LogP contribution in [0.1, 0.15) is 10.4 Å². The fourth-order valence-corrected chi connectivity index (χ4v) is 4.26. The zero-order chi connectivity index (χ0) is 19.9. The standard InChI is InChI=1S/C23H23N2O2P/c1-25(21-11-10-19-14-18(17-26)8-9-20(19)15-21)16-23(27)24-12-13-28(2)22-6-4-3-5-7-22/h3-11,14-15,17H,2,12-13,16H2,1H3/p+1. The molecule has 0 saturated carbocycles. The maximum atomic E-state index is 12.3. The largest absolute Gasteiger partial charge is 0.365 e. The topological polar surface area (TPSA) is 49.4 Å². The molecule has 0 aliphatic heterocycles. The number of carbonyl (C=O) groups excluding carboxylic acids is 2. The summed E-state index contributed by atoms with van der Waals surface area (Å²) in [6, 6.07) is 21.8. The summed E-state index contributed by atoms with van der Waals surface area (Å²) in [4.78, 5) is 25.1. The van der Waals surface area contributed by atoms with Crippen LogP contribution in [0.25, 0.3) is 10.8 Å². The molecule has 0 aromatic heterocycles. The highest BCUT2D eigenvalue weighted by atomic mass is 31.1. The van der Waals surface area contributed by atoms with E-state index in [1.165, 1.54) is 5.30 Å². The first-order valence-corrected chi connectivity index (χ1v) is 10.9. The fraction of sp³-hybridized carbons (Fsp3) is 0.174. The van der Waals surface area contributed by atoms with Gasteiger partial charge in [-0.25, -0.2) is 0 Å². The summed E-state index contributed by atoms with van der Waals surface area (Å²) in [7, 11) is 1.40. The molecule has 3 aromatic carbocycles. The SMILES string of the molecule is C=[P+](CCNC(=O)CN(C)c1ccc2cc(C=O)ccc2c1)c1ccccc1. The van der Waals surface area contributed by atoms with Crippen LogP contribution in [0, 0.1) is 0 Å². The number of rotatable bonds is 8. The van der Waals surface area contributed by atoms with Gasteiger partial charge in [0.25, 0.3) is 0 Å². The number of nitrogens with zero attached hydrogens (tertiary/aromatic N) is 1. The molecule has 0 spiro atoms. The Kier molecular flexibility index (Phi) is 6.57. The Hall–Kier alpha value is -2.97. The number of hydrogen-bond donors (Lipinski definition) is 1. The van der Waals surface area contributed by atoms with E-state index in [1.54, 1.807) is 6.07 Å². The van der Waals surface area contributed by atoms with Crippen LogP contribution < -0.4 is 15.5 Å². The third-order valence-corrected chi connectivity index (χ3v) is 6.42. The molecule has 0 saturated heterocycles. The Morgan fingerprint density at radius 1 is 1.07 bits per heavy atom. The maximum Gasteiger partial charge on any atom is 0.239 e. The zero-order valence-electron chi connectivity index (χ0n) is 16.0. The van der Waals surface area contributed by atoms with Crippen molar-refractivity contribution in [1.82, 2.24) is 5.32 Å². The molecule has 1 unspecified atom stereocenters. The number of hydrogen-bond acceptors (Lipinski definition) is 3. The van der Waals surface area contributed by atoms with Crippen LogP contribution in [-0.4, -0.2) is 44.8 Å². The van der Waals surface area contributed by atoms with Crippen LogP contribution in [0.4, 0.5) is 5.69 Å². The lowest BCUT2D eigenvalue weighted by atomic mass is 10.1. The molecular weight excluding hydrogens is 367 g/mol. The molecule has 1 atom stereocenters. The molecule has 0 aliphatic carbocycles. The van der Waals surface area contributed by atoms with Gasteiger partial charge in [0.1, 0.15) is 25.3 Å². The van der Waals surface area contributed by atoms with Crippen molar-refractivity contribution in [1.29, 1.82) is 0 Å². The Morgan fingerprint density at radius 2 is 1.79 bits per heavy atom. The quantitative estimate of drug-likeness (QED) is 0.473. The molecule has 0 bridgehead atoms. The van der Waals surface area contributed by atoms with Gasteiger partial charge in [0.05, 0.1) is 19.4 Å². The summed E-state index contributed by atoms with van der Waals surface area (Å²) >= 11 is 0. The molecular formula is C23H24N2O2P+. The Morgan fingerprint density at radius 3 is 2.54 bits per heavy atom. The fourth-order valence-electron chi connectivity index (χ4n) is 3.02. The van der Waals surface area contributed by atoms with Gasteiger partial charge in [0.2, 0.25) is 5.91 Å². The first-order valence-electron chi connectivity index (χ1n) is 9.17. The molecule has 1 amide bonds. The van der Waals surface area contributed by atoms with Crippen LogP contribution in [0.2, 0.25) is 0 Å². The Labute approximate surface area is 166 Å². The number of carbonyl (C=O) groups is 2. The van der Waals surface area contributed by atoms with Gasteiger partial charge in [-0.3, -0.25) is 9.59 Å². The van der Waals surface area contributed by atoms with Gasteiger partial charge in [-0.1, -0.05) is 36.4 Å². The van der Waals surface area contributed by atoms with Crippen LogP contribution in [0.15, 0.2) is 66.7 Å². The molecule has 1 N–H and O–H groups in total. The van der Waals surface area contributed by atoms with E-state index in [4.69, 9.17) is 0 Å². The lowest BCUT2D eigenvalue weighted by molar-refractivity contribution is -0.119. The first kappa shape index (κ1) is 19.8. The third kappa shape index (κ3) is 5.05. The zero-order valence-corrected chi connectivity index (χ0v) is 16.9. The smallest absolute Gasteiger partial charge is 0.239 e. The third-order valence-electron chi connectivity index (χ3n) is 4.63. The van der Waals surface area contributed by atoms with E-state index < -0.39 is 7.55 Å². The molecule has 28 heavy (non-hydrogen) atoms. The molecule has 0 heterocycles. The number of fused-ring (bicyclic) bond motifs is 1. The minimum absolute atomic E-state index is 0.00429. The van der Waals surface area contributed by atoms with Crippen molar-refractivity contribution in [3.8, 4) is 0 Å². The number of likely N-dealkylation sites (N-methyl/N-ethyl adjacent to an activating group) is 1. The highest BCUT2D eigenvalue weighted by Crippen LogP contribution is 2.22. The summed E-state index contributed by atoms with van der Waals surface area (Å²) in [5.41, 5.74) is 1.62. The monoisotopic (exact) mass is 391 g/mol. The summed E-state index contributed by atoms with van der Waals surface area (Å²) in [6.07, 6.45) is 5.95. The van der Waals surface area contributed by atoms with Crippen molar-refractivity contribution in [3.63, 3.8) is 0 Å². The normalized spacial score (nSPS) is 11.1. The second-order valence-corrected chi connectivity index (χ2v) is 8.76.